The normalized spacial score (nSPS) is 43.2. The number of rotatable bonds is 1. The summed E-state index contributed by atoms with van der Waals surface area (Å²) in [5.74, 6) is 2.38. The molecule has 0 amide bonds. The van der Waals surface area contributed by atoms with Crippen LogP contribution in [-0.4, -0.2) is 11.7 Å². The van der Waals surface area contributed by atoms with Gasteiger partial charge in [-0.2, -0.15) is 0 Å². The lowest BCUT2D eigenvalue weighted by atomic mass is 9.67. The maximum absolute atomic E-state index is 9.12. The van der Waals surface area contributed by atoms with Crippen LogP contribution in [0.2, 0.25) is 0 Å². The molecule has 1 nitrogen and oxygen atoms in total. The molecule has 1 N–H and O–H groups in total. The van der Waals surface area contributed by atoms with Crippen LogP contribution in [0.1, 0.15) is 27.2 Å². The Bertz CT molecular complexity index is 170. The Balaban J connectivity index is 2.70. The zero-order chi connectivity index (χ0) is 9.30. The summed E-state index contributed by atoms with van der Waals surface area (Å²) in [4.78, 5) is 0. The second-order valence-corrected chi connectivity index (χ2v) is 4.32. The van der Waals surface area contributed by atoms with Crippen molar-refractivity contribution in [3.05, 3.63) is 12.2 Å². The van der Waals surface area contributed by atoms with Crippen molar-refractivity contribution in [2.75, 3.05) is 6.61 Å². The van der Waals surface area contributed by atoms with Crippen LogP contribution in [0.5, 0.6) is 0 Å². The largest absolute Gasteiger partial charge is 0.396 e. The molecule has 0 aromatic rings. The Morgan fingerprint density at radius 3 is 2.50 bits per heavy atom. The molecule has 0 heterocycles. The minimum absolute atomic E-state index is 0.278. The van der Waals surface area contributed by atoms with Gasteiger partial charge < -0.3 is 5.11 Å². The average molecular weight is 168 g/mol. The summed E-state index contributed by atoms with van der Waals surface area (Å²) < 4.78 is 0. The van der Waals surface area contributed by atoms with Crippen LogP contribution in [0.15, 0.2) is 12.2 Å². The lowest BCUT2D eigenvalue weighted by Crippen LogP contribution is -2.31. The van der Waals surface area contributed by atoms with E-state index in [1.807, 2.05) is 0 Å². The van der Waals surface area contributed by atoms with Crippen LogP contribution in [0.3, 0.4) is 0 Å². The molecule has 1 aliphatic rings. The number of hydrogen-bond acceptors (Lipinski definition) is 1. The summed E-state index contributed by atoms with van der Waals surface area (Å²) in [7, 11) is 0. The van der Waals surface area contributed by atoms with E-state index in [4.69, 9.17) is 5.11 Å². The van der Waals surface area contributed by atoms with Gasteiger partial charge >= 0.3 is 0 Å². The Labute approximate surface area is 75.5 Å². The Morgan fingerprint density at radius 2 is 2.00 bits per heavy atom. The van der Waals surface area contributed by atoms with E-state index in [1.165, 1.54) is 5.57 Å². The van der Waals surface area contributed by atoms with Crippen LogP contribution in [0.4, 0.5) is 0 Å². The first-order valence-electron chi connectivity index (χ1n) is 4.87. The van der Waals surface area contributed by atoms with Gasteiger partial charge in [0.25, 0.3) is 0 Å². The molecule has 0 bridgehead atoms. The van der Waals surface area contributed by atoms with Gasteiger partial charge in [-0.05, 0) is 24.2 Å². The van der Waals surface area contributed by atoms with Crippen molar-refractivity contribution in [3.63, 3.8) is 0 Å². The van der Waals surface area contributed by atoms with Crippen molar-refractivity contribution in [3.8, 4) is 0 Å². The zero-order valence-electron chi connectivity index (χ0n) is 8.38. The third kappa shape index (κ3) is 1.56. The predicted octanol–water partition coefficient (Wildman–Crippen LogP) is 2.46. The average Bonchev–Trinajstić information content (AvgIpc) is 2.08. The first-order chi connectivity index (χ1) is 5.57. The van der Waals surface area contributed by atoms with Gasteiger partial charge in [0.05, 0.1) is 0 Å². The van der Waals surface area contributed by atoms with Crippen LogP contribution in [-0.2, 0) is 0 Å². The van der Waals surface area contributed by atoms with E-state index in [-0.39, 0.29) is 6.61 Å². The molecule has 4 unspecified atom stereocenters. The molecule has 0 aromatic carbocycles. The topological polar surface area (TPSA) is 20.2 Å². The molecule has 0 spiro atoms. The maximum Gasteiger partial charge on any atom is 0.0496 e. The lowest BCUT2D eigenvalue weighted by molar-refractivity contribution is 0.149. The van der Waals surface area contributed by atoms with Gasteiger partial charge in [-0.1, -0.05) is 32.9 Å². The summed E-state index contributed by atoms with van der Waals surface area (Å²) in [6.45, 7) is 11.1. The SMILES string of the molecule is C=C1C(CO)CC(C)C(C)C1C. The Kier molecular flexibility index (Phi) is 2.94. The minimum atomic E-state index is 0.278. The fourth-order valence-electron chi connectivity index (χ4n) is 2.21. The van der Waals surface area contributed by atoms with Gasteiger partial charge in [-0.25, -0.2) is 0 Å². The highest BCUT2D eigenvalue weighted by Gasteiger charge is 2.32. The summed E-state index contributed by atoms with van der Waals surface area (Å²) in [6, 6.07) is 0. The molecule has 1 rings (SSSR count). The van der Waals surface area contributed by atoms with Gasteiger partial charge in [0, 0.05) is 12.5 Å². The van der Waals surface area contributed by atoms with Crippen LogP contribution in [0, 0.1) is 23.7 Å². The van der Waals surface area contributed by atoms with E-state index < -0.39 is 0 Å². The number of aliphatic hydroxyl groups excluding tert-OH is 1. The molecule has 70 valence electrons. The van der Waals surface area contributed by atoms with E-state index in [0.717, 1.165) is 18.3 Å². The summed E-state index contributed by atoms with van der Waals surface area (Å²) >= 11 is 0. The molecule has 1 heteroatoms. The Morgan fingerprint density at radius 1 is 1.42 bits per heavy atom. The van der Waals surface area contributed by atoms with Crippen LogP contribution >= 0.6 is 0 Å². The molecule has 0 aromatic heterocycles. The van der Waals surface area contributed by atoms with Gasteiger partial charge in [-0.15, -0.1) is 0 Å². The highest BCUT2D eigenvalue weighted by atomic mass is 16.3. The smallest absolute Gasteiger partial charge is 0.0496 e. The summed E-state index contributed by atoms with van der Waals surface area (Å²) in [5.41, 5.74) is 1.25. The van der Waals surface area contributed by atoms with E-state index in [1.54, 1.807) is 0 Å². The first-order valence-corrected chi connectivity index (χ1v) is 4.87. The fraction of sp³-hybridized carbons (Fsp3) is 0.818. The molecular weight excluding hydrogens is 148 g/mol. The second kappa shape index (κ2) is 3.61. The molecule has 1 aliphatic carbocycles. The third-order valence-corrected chi connectivity index (χ3v) is 3.67. The van der Waals surface area contributed by atoms with Gasteiger partial charge in [0.1, 0.15) is 0 Å². The van der Waals surface area contributed by atoms with E-state index in [9.17, 15) is 0 Å². The minimum Gasteiger partial charge on any atom is -0.396 e. The van der Waals surface area contributed by atoms with Gasteiger partial charge in [0.15, 0.2) is 0 Å². The zero-order valence-corrected chi connectivity index (χ0v) is 8.38. The predicted molar refractivity (Wildman–Crippen MR) is 51.8 cm³/mol. The fourth-order valence-corrected chi connectivity index (χ4v) is 2.21. The highest BCUT2D eigenvalue weighted by molar-refractivity contribution is 5.10. The lowest BCUT2D eigenvalue weighted by Gasteiger charge is -2.38. The summed E-state index contributed by atoms with van der Waals surface area (Å²) in [6.07, 6.45) is 1.11. The van der Waals surface area contributed by atoms with E-state index >= 15 is 0 Å². The van der Waals surface area contributed by atoms with Crippen molar-refractivity contribution in [1.29, 1.82) is 0 Å². The van der Waals surface area contributed by atoms with Crippen LogP contribution in [0.25, 0.3) is 0 Å². The van der Waals surface area contributed by atoms with Gasteiger partial charge in [-0.3, -0.25) is 0 Å². The van der Waals surface area contributed by atoms with Crippen molar-refractivity contribution >= 4 is 0 Å². The molecule has 4 atom stereocenters. The summed E-state index contributed by atoms with van der Waals surface area (Å²) in [5, 5.41) is 9.12. The van der Waals surface area contributed by atoms with Gasteiger partial charge in [0.2, 0.25) is 0 Å². The van der Waals surface area contributed by atoms with Crippen molar-refractivity contribution < 1.29 is 5.11 Å². The third-order valence-electron chi connectivity index (χ3n) is 3.67. The highest BCUT2D eigenvalue weighted by Crippen LogP contribution is 2.40. The molecular formula is C11H20O. The molecule has 12 heavy (non-hydrogen) atoms. The molecule has 0 saturated heterocycles. The number of aliphatic hydroxyl groups is 1. The van der Waals surface area contributed by atoms with E-state index in [0.29, 0.717) is 11.8 Å². The molecule has 0 radical (unpaired) electrons. The van der Waals surface area contributed by atoms with Crippen LogP contribution < -0.4 is 0 Å². The molecule has 0 aliphatic heterocycles. The second-order valence-electron chi connectivity index (χ2n) is 4.32. The first kappa shape index (κ1) is 9.79. The maximum atomic E-state index is 9.12. The molecule has 1 fully saturated rings. The Hall–Kier alpha value is -0.300. The van der Waals surface area contributed by atoms with Crippen molar-refractivity contribution in [1.82, 2.24) is 0 Å². The van der Waals surface area contributed by atoms with Crippen molar-refractivity contribution in [2.45, 2.75) is 27.2 Å². The monoisotopic (exact) mass is 168 g/mol. The molecule has 1 saturated carbocycles. The number of hydrogen-bond donors (Lipinski definition) is 1. The quantitative estimate of drug-likeness (QED) is 0.596. The standard InChI is InChI=1S/C11H20O/c1-7-5-11(6-12)10(4)9(3)8(7)2/h7-9,11-12H,4-6H2,1-3H3. The van der Waals surface area contributed by atoms with Crippen molar-refractivity contribution in [2.24, 2.45) is 23.7 Å². The van der Waals surface area contributed by atoms with E-state index in [2.05, 4.69) is 27.4 Å².